The Hall–Kier alpha value is -0.0400. The molecule has 0 aliphatic heterocycles. The highest BCUT2D eigenvalue weighted by Crippen LogP contribution is 1.89. The first-order chi connectivity index (χ1) is 3.06. The fourth-order valence-electron chi connectivity index (χ4n) is 0.548. The highest BCUT2D eigenvalue weighted by atomic mass is 15.3. The molecule has 0 bridgehead atoms. The monoisotopic (exact) mass is 101 g/mol. The van der Waals surface area contributed by atoms with E-state index in [4.69, 9.17) is 0 Å². The second kappa shape index (κ2) is 2.31. The maximum Gasteiger partial charge on any atom is 0.0811 e. The zero-order valence-corrected chi connectivity index (χ0v) is 5.73. The predicted octanol–water partition coefficient (Wildman–Crippen LogP) is 0.917. The molecule has 0 saturated heterocycles. The molecule has 0 fully saturated rings. The van der Waals surface area contributed by atoms with Crippen LogP contribution in [-0.4, -0.2) is 32.2 Å². The van der Waals surface area contributed by atoms with Crippen LogP contribution in [0.2, 0.25) is 0 Å². The van der Waals surface area contributed by atoms with Gasteiger partial charge in [0.1, 0.15) is 0 Å². The summed E-state index contributed by atoms with van der Waals surface area (Å²) in [6, 6.07) is 0. The molecule has 0 aromatic heterocycles. The Balaban J connectivity index is 3.15. The van der Waals surface area contributed by atoms with E-state index in [1.807, 2.05) is 0 Å². The van der Waals surface area contributed by atoms with E-state index in [1.54, 1.807) is 0 Å². The summed E-state index contributed by atoms with van der Waals surface area (Å²) >= 11 is 0. The third-order valence-electron chi connectivity index (χ3n) is 0.730. The van der Waals surface area contributed by atoms with E-state index < -0.39 is 0 Å². The Bertz CT molecular complexity index is 42.6. The van der Waals surface area contributed by atoms with Gasteiger partial charge in [0.2, 0.25) is 0 Å². The van der Waals surface area contributed by atoms with Crippen molar-refractivity contribution >= 4 is 0 Å². The van der Waals surface area contributed by atoms with Gasteiger partial charge in [0.15, 0.2) is 0 Å². The van der Waals surface area contributed by atoms with Gasteiger partial charge in [-0.3, -0.25) is 0 Å². The van der Waals surface area contributed by atoms with Crippen LogP contribution < -0.4 is 0 Å². The Morgan fingerprint density at radius 1 is 1.29 bits per heavy atom. The van der Waals surface area contributed by atoms with Crippen molar-refractivity contribution in [2.75, 3.05) is 27.7 Å². The van der Waals surface area contributed by atoms with Gasteiger partial charge in [0.25, 0.3) is 0 Å². The van der Waals surface area contributed by atoms with E-state index in [-0.39, 0.29) is 0 Å². The standard InChI is InChI=1S/C6H15N/c1-5-6-7(2,3)4/h5H,6H2,1-4H3/q+1. The number of nitrogens with zero attached hydrogens (tertiary/aromatic N) is 1. The molecule has 0 spiro atoms. The molecule has 0 saturated carbocycles. The first kappa shape index (κ1) is 6.96. The van der Waals surface area contributed by atoms with Gasteiger partial charge in [-0.2, -0.15) is 0 Å². The predicted molar refractivity (Wildman–Crippen MR) is 32.9 cm³/mol. The van der Waals surface area contributed by atoms with E-state index in [0.717, 1.165) is 11.0 Å². The van der Waals surface area contributed by atoms with Crippen molar-refractivity contribution in [2.24, 2.45) is 0 Å². The highest BCUT2D eigenvalue weighted by molar-refractivity contribution is 4.49. The second-order valence-electron chi connectivity index (χ2n) is 2.88. The van der Waals surface area contributed by atoms with Crippen molar-refractivity contribution in [2.45, 2.75) is 6.92 Å². The third kappa shape index (κ3) is 5.96. The Kier molecular flexibility index (Phi) is 2.30. The first-order valence-electron chi connectivity index (χ1n) is 2.64. The van der Waals surface area contributed by atoms with Crippen LogP contribution in [0.1, 0.15) is 6.92 Å². The van der Waals surface area contributed by atoms with Crippen LogP contribution in [0.4, 0.5) is 0 Å². The molecule has 0 amide bonds. The van der Waals surface area contributed by atoms with Gasteiger partial charge in [0, 0.05) is 6.42 Å². The zero-order chi connectivity index (χ0) is 5.91. The minimum absolute atomic E-state index is 1.04. The average Bonchev–Trinajstić information content (AvgIpc) is 1.30. The largest absolute Gasteiger partial charge is 0.331 e. The summed E-state index contributed by atoms with van der Waals surface area (Å²) in [4.78, 5) is 0. The summed E-state index contributed by atoms with van der Waals surface area (Å²) in [7, 11) is 6.54. The molecule has 0 aromatic carbocycles. The van der Waals surface area contributed by atoms with Gasteiger partial charge in [-0.15, -0.1) is 0 Å². The van der Waals surface area contributed by atoms with Gasteiger partial charge in [-0.25, -0.2) is 0 Å². The number of hydrogen-bond donors (Lipinski definition) is 0. The van der Waals surface area contributed by atoms with Crippen molar-refractivity contribution in [1.82, 2.24) is 0 Å². The van der Waals surface area contributed by atoms with E-state index >= 15 is 0 Å². The van der Waals surface area contributed by atoms with Crippen molar-refractivity contribution in [3.63, 3.8) is 0 Å². The van der Waals surface area contributed by atoms with Crippen molar-refractivity contribution < 1.29 is 4.48 Å². The normalized spacial score (nSPS) is 12.0. The molecule has 43 valence electrons. The Morgan fingerprint density at radius 2 is 1.71 bits per heavy atom. The minimum atomic E-state index is 1.04. The van der Waals surface area contributed by atoms with Gasteiger partial charge >= 0.3 is 0 Å². The van der Waals surface area contributed by atoms with Gasteiger partial charge in [-0.05, 0) is 0 Å². The molecule has 0 atom stereocenters. The number of rotatable bonds is 2. The Morgan fingerprint density at radius 3 is 1.71 bits per heavy atom. The molecule has 7 heavy (non-hydrogen) atoms. The molecule has 1 heteroatoms. The fourth-order valence-corrected chi connectivity index (χ4v) is 0.548. The third-order valence-corrected chi connectivity index (χ3v) is 0.730. The molecule has 0 aromatic rings. The smallest absolute Gasteiger partial charge is 0.0811 e. The molecular formula is C6H15N+. The molecule has 0 unspecified atom stereocenters. The second-order valence-corrected chi connectivity index (χ2v) is 2.88. The van der Waals surface area contributed by atoms with Crippen LogP contribution in [0.25, 0.3) is 0 Å². The van der Waals surface area contributed by atoms with Crippen LogP contribution in [0.3, 0.4) is 0 Å². The van der Waals surface area contributed by atoms with Gasteiger partial charge < -0.3 is 4.48 Å². The van der Waals surface area contributed by atoms with E-state index in [0.29, 0.717) is 0 Å². The molecule has 1 nitrogen and oxygen atoms in total. The molecule has 0 N–H and O–H groups in total. The molecule has 0 aliphatic carbocycles. The Labute approximate surface area is 46.5 Å². The van der Waals surface area contributed by atoms with Crippen molar-refractivity contribution in [3.05, 3.63) is 6.42 Å². The molecule has 0 heterocycles. The maximum absolute atomic E-state index is 2.18. The number of quaternary nitrogens is 1. The molecular weight excluding hydrogens is 86.1 g/mol. The summed E-state index contributed by atoms with van der Waals surface area (Å²) < 4.78 is 1.04. The fraction of sp³-hybridized carbons (Fsp3) is 0.833. The maximum atomic E-state index is 2.18. The summed E-state index contributed by atoms with van der Waals surface area (Å²) in [5.74, 6) is 0. The summed E-state index contributed by atoms with van der Waals surface area (Å²) in [6.45, 7) is 3.24. The average molecular weight is 101 g/mol. The van der Waals surface area contributed by atoms with Crippen LogP contribution in [0.5, 0.6) is 0 Å². The SMILES string of the molecule is C[CH]C[N+](C)(C)C. The summed E-state index contributed by atoms with van der Waals surface area (Å²) in [5.41, 5.74) is 0. The lowest BCUT2D eigenvalue weighted by atomic mass is 10.4. The number of hydrogen-bond acceptors (Lipinski definition) is 0. The van der Waals surface area contributed by atoms with Crippen LogP contribution in [0.15, 0.2) is 0 Å². The molecule has 1 radical (unpaired) electrons. The molecule has 0 aliphatic rings. The van der Waals surface area contributed by atoms with Crippen molar-refractivity contribution in [3.8, 4) is 0 Å². The van der Waals surface area contributed by atoms with Gasteiger partial charge in [-0.1, -0.05) is 6.92 Å². The van der Waals surface area contributed by atoms with Crippen LogP contribution in [-0.2, 0) is 0 Å². The lowest BCUT2D eigenvalue weighted by Gasteiger charge is -2.22. The first-order valence-corrected chi connectivity index (χ1v) is 2.64. The minimum Gasteiger partial charge on any atom is -0.331 e. The van der Waals surface area contributed by atoms with Crippen LogP contribution in [0, 0.1) is 6.42 Å². The molecule has 0 rings (SSSR count). The van der Waals surface area contributed by atoms with E-state index in [2.05, 4.69) is 34.5 Å². The van der Waals surface area contributed by atoms with Gasteiger partial charge in [0.05, 0.1) is 27.7 Å². The summed E-state index contributed by atoms with van der Waals surface area (Å²) in [5, 5.41) is 0. The highest BCUT2D eigenvalue weighted by Gasteiger charge is 2.01. The van der Waals surface area contributed by atoms with E-state index in [9.17, 15) is 0 Å². The topological polar surface area (TPSA) is 0 Å². The quantitative estimate of drug-likeness (QED) is 0.454. The van der Waals surface area contributed by atoms with Crippen LogP contribution >= 0.6 is 0 Å². The summed E-state index contributed by atoms with van der Waals surface area (Å²) in [6.07, 6.45) is 2.18. The van der Waals surface area contributed by atoms with Crippen molar-refractivity contribution in [1.29, 1.82) is 0 Å². The lowest BCUT2D eigenvalue weighted by Crippen LogP contribution is -2.34. The zero-order valence-electron chi connectivity index (χ0n) is 5.73. The lowest BCUT2D eigenvalue weighted by molar-refractivity contribution is -0.866. The van der Waals surface area contributed by atoms with E-state index in [1.165, 1.54) is 0 Å².